The van der Waals surface area contributed by atoms with Gasteiger partial charge in [-0.15, -0.1) is 0 Å². The van der Waals surface area contributed by atoms with Crippen molar-refractivity contribution >= 4 is 39.0 Å². The van der Waals surface area contributed by atoms with E-state index in [1.54, 1.807) is 0 Å². The fourth-order valence-corrected chi connectivity index (χ4v) is 11.7. The first-order chi connectivity index (χ1) is 32.5. The molecule has 312 valence electrons. The maximum absolute atomic E-state index is 6.68. The molecule has 0 atom stereocenters. The molecule has 0 spiro atoms. The second kappa shape index (κ2) is 14.7. The number of hydrogen-bond acceptors (Lipinski definition) is 2. The Kier molecular flexibility index (Phi) is 8.51. The molecule has 0 fully saturated rings. The molecule has 0 saturated heterocycles. The van der Waals surface area contributed by atoms with E-state index in [1.165, 1.54) is 77.9 Å². The van der Waals surface area contributed by atoms with Crippen LogP contribution in [0, 0.1) is 0 Å². The SMILES string of the molecule is CC1(C)c2ccccc2-c2c(-c3c(-c4ccccc4)cccc3N(c3ccc4c(c3)C(c3ccccc3)(c3ccccc3)c3ccccc3-4)c3ccc4c(c3)oc3ccccc34)cccc21. The average Bonchev–Trinajstić information content (AvgIpc) is 3.98. The van der Waals surface area contributed by atoms with E-state index in [0.29, 0.717) is 0 Å². The van der Waals surface area contributed by atoms with Crippen LogP contribution in [0.25, 0.3) is 66.4 Å². The quantitative estimate of drug-likeness (QED) is 0.159. The lowest BCUT2D eigenvalue weighted by Gasteiger charge is -2.35. The van der Waals surface area contributed by atoms with Gasteiger partial charge in [-0.3, -0.25) is 0 Å². The Morgan fingerprint density at radius 3 is 1.67 bits per heavy atom. The van der Waals surface area contributed by atoms with E-state index in [0.717, 1.165) is 39.0 Å². The van der Waals surface area contributed by atoms with Gasteiger partial charge in [-0.1, -0.05) is 208 Å². The number of furan rings is 1. The van der Waals surface area contributed by atoms with Gasteiger partial charge >= 0.3 is 0 Å². The molecule has 0 aliphatic heterocycles. The summed E-state index contributed by atoms with van der Waals surface area (Å²) in [5.41, 5.74) is 21.7. The van der Waals surface area contributed by atoms with Crippen LogP contribution in [0.4, 0.5) is 17.1 Å². The van der Waals surface area contributed by atoms with Gasteiger partial charge in [0.1, 0.15) is 11.2 Å². The lowest BCUT2D eigenvalue weighted by atomic mass is 9.67. The molecule has 0 radical (unpaired) electrons. The van der Waals surface area contributed by atoms with E-state index in [9.17, 15) is 0 Å². The number of hydrogen-bond donors (Lipinski definition) is 0. The molecule has 2 aliphatic carbocycles. The van der Waals surface area contributed by atoms with Crippen LogP contribution < -0.4 is 4.90 Å². The van der Waals surface area contributed by atoms with E-state index in [4.69, 9.17) is 4.42 Å². The molecule has 0 unspecified atom stereocenters. The first kappa shape index (κ1) is 38.3. The third-order valence-electron chi connectivity index (χ3n) is 14.6. The van der Waals surface area contributed by atoms with Crippen LogP contribution in [0.1, 0.15) is 47.2 Å². The van der Waals surface area contributed by atoms with Crippen molar-refractivity contribution in [2.75, 3.05) is 4.90 Å². The number of fused-ring (bicyclic) bond motifs is 9. The van der Waals surface area contributed by atoms with Gasteiger partial charge in [0.15, 0.2) is 0 Å². The van der Waals surface area contributed by atoms with Crippen LogP contribution in [0.3, 0.4) is 0 Å². The molecule has 2 nitrogen and oxygen atoms in total. The molecule has 10 aromatic carbocycles. The van der Waals surface area contributed by atoms with Crippen LogP contribution in [0.15, 0.2) is 241 Å². The van der Waals surface area contributed by atoms with Gasteiger partial charge in [0.2, 0.25) is 0 Å². The van der Waals surface area contributed by atoms with Gasteiger partial charge in [-0.25, -0.2) is 0 Å². The topological polar surface area (TPSA) is 16.4 Å². The summed E-state index contributed by atoms with van der Waals surface area (Å²) in [6.07, 6.45) is 0. The van der Waals surface area contributed by atoms with Gasteiger partial charge in [-0.2, -0.15) is 0 Å². The summed E-state index contributed by atoms with van der Waals surface area (Å²) in [7, 11) is 0. The van der Waals surface area contributed by atoms with Crippen molar-refractivity contribution in [2.24, 2.45) is 0 Å². The van der Waals surface area contributed by atoms with Crippen molar-refractivity contribution in [1.82, 2.24) is 0 Å². The molecule has 0 amide bonds. The zero-order valence-electron chi connectivity index (χ0n) is 36.9. The highest BCUT2D eigenvalue weighted by Gasteiger charge is 2.46. The summed E-state index contributed by atoms with van der Waals surface area (Å²) in [6, 6.07) is 87.1. The maximum atomic E-state index is 6.68. The Morgan fingerprint density at radius 1 is 0.348 bits per heavy atom. The van der Waals surface area contributed by atoms with Crippen LogP contribution in [-0.2, 0) is 10.8 Å². The highest BCUT2D eigenvalue weighted by Crippen LogP contribution is 2.59. The van der Waals surface area contributed by atoms with E-state index in [2.05, 4.69) is 249 Å². The van der Waals surface area contributed by atoms with Crippen molar-refractivity contribution in [1.29, 1.82) is 0 Å². The lowest BCUT2D eigenvalue weighted by molar-refractivity contribution is 0.660. The second-order valence-corrected chi connectivity index (χ2v) is 18.3. The fraction of sp³-hybridized carbons (Fsp3) is 0.0625. The molecule has 2 heteroatoms. The molecule has 0 saturated carbocycles. The van der Waals surface area contributed by atoms with E-state index < -0.39 is 5.41 Å². The molecule has 2 aliphatic rings. The van der Waals surface area contributed by atoms with Crippen molar-refractivity contribution < 1.29 is 4.42 Å². The van der Waals surface area contributed by atoms with Gasteiger partial charge in [0.25, 0.3) is 0 Å². The Balaban J connectivity index is 1.14. The van der Waals surface area contributed by atoms with Crippen LogP contribution >= 0.6 is 0 Å². The van der Waals surface area contributed by atoms with Crippen molar-refractivity contribution in [3.63, 3.8) is 0 Å². The number of rotatable bonds is 7. The normalized spacial score (nSPS) is 13.8. The summed E-state index contributed by atoms with van der Waals surface area (Å²) in [6.45, 7) is 4.74. The number of anilines is 3. The van der Waals surface area contributed by atoms with Crippen molar-refractivity contribution in [3.8, 4) is 44.5 Å². The summed E-state index contributed by atoms with van der Waals surface area (Å²) < 4.78 is 6.68. The van der Waals surface area contributed by atoms with E-state index in [1.807, 2.05) is 6.07 Å². The van der Waals surface area contributed by atoms with E-state index in [-0.39, 0.29) is 5.41 Å². The molecule has 1 aromatic heterocycles. The molecular weight excluding hydrogens is 799 g/mol. The highest BCUT2D eigenvalue weighted by molar-refractivity contribution is 6.08. The van der Waals surface area contributed by atoms with Gasteiger partial charge < -0.3 is 9.32 Å². The van der Waals surface area contributed by atoms with Crippen molar-refractivity contribution in [3.05, 3.63) is 270 Å². The van der Waals surface area contributed by atoms with E-state index >= 15 is 0 Å². The predicted molar refractivity (Wildman–Crippen MR) is 274 cm³/mol. The minimum absolute atomic E-state index is 0.164. The van der Waals surface area contributed by atoms with Crippen LogP contribution in [0.5, 0.6) is 0 Å². The average molecular weight is 844 g/mol. The third-order valence-corrected chi connectivity index (χ3v) is 14.6. The minimum Gasteiger partial charge on any atom is -0.456 e. The third kappa shape index (κ3) is 5.48. The Bertz CT molecular complexity index is 3640. The largest absolute Gasteiger partial charge is 0.456 e. The molecule has 0 bridgehead atoms. The predicted octanol–water partition coefficient (Wildman–Crippen LogP) is 17.1. The lowest BCUT2D eigenvalue weighted by Crippen LogP contribution is -2.28. The van der Waals surface area contributed by atoms with Gasteiger partial charge in [0, 0.05) is 39.2 Å². The minimum atomic E-state index is -0.566. The fourth-order valence-electron chi connectivity index (χ4n) is 11.7. The summed E-state index contributed by atoms with van der Waals surface area (Å²) >= 11 is 0. The first-order valence-corrected chi connectivity index (χ1v) is 23.0. The van der Waals surface area contributed by atoms with Crippen LogP contribution in [-0.4, -0.2) is 0 Å². The molecule has 11 aromatic rings. The van der Waals surface area contributed by atoms with Gasteiger partial charge in [0.05, 0.1) is 11.1 Å². The Labute approximate surface area is 385 Å². The smallest absolute Gasteiger partial charge is 0.137 e. The van der Waals surface area contributed by atoms with Crippen LogP contribution in [0.2, 0.25) is 0 Å². The standard InChI is InChI=1S/C64H45NO/c1-63(2)54-31-15-13-28-52(54)61-53(30-18-33-56(61)63)62-47(42-20-6-3-7-21-42)29-19-34-58(62)65(46-37-39-51-50-27-14-17-35-59(50)66-60(51)41-46)45-36-38-49-48-26-12-16-32-55(48)64(57(49)40-45,43-22-8-4-9-23-43)44-24-10-5-11-25-44/h3-41H,1-2H3. The van der Waals surface area contributed by atoms with Gasteiger partial charge in [-0.05, 0) is 109 Å². The summed E-state index contributed by atoms with van der Waals surface area (Å²) in [5.74, 6) is 0. The van der Waals surface area contributed by atoms with Crippen molar-refractivity contribution in [2.45, 2.75) is 24.7 Å². The zero-order chi connectivity index (χ0) is 44.0. The molecule has 13 rings (SSSR count). The monoisotopic (exact) mass is 843 g/mol. The second-order valence-electron chi connectivity index (χ2n) is 18.3. The number of para-hydroxylation sites is 1. The maximum Gasteiger partial charge on any atom is 0.137 e. The number of nitrogens with zero attached hydrogens (tertiary/aromatic N) is 1. The zero-order valence-corrected chi connectivity index (χ0v) is 36.9. The molecule has 1 heterocycles. The summed E-state index contributed by atoms with van der Waals surface area (Å²) in [5, 5.41) is 2.22. The highest BCUT2D eigenvalue weighted by atomic mass is 16.3. The number of benzene rings is 10. The molecule has 0 N–H and O–H groups in total. The molecular formula is C64H45NO. The Morgan fingerprint density at radius 2 is 0.894 bits per heavy atom. The Hall–Kier alpha value is -8.20. The summed E-state index contributed by atoms with van der Waals surface area (Å²) in [4.78, 5) is 2.49. The molecule has 66 heavy (non-hydrogen) atoms. The first-order valence-electron chi connectivity index (χ1n) is 23.0.